The number of primary amides is 1. The standard InChI is InChI=1S/C38H46N6O8/c1-5-38(51)27-16-31-33-25(18-44(31)35(48)26(27)19-52-37(38)50)23(24-11-6-7-12-28(24)41-33)13-14-43(22-9-8-10-22)36(49)30(15-20(2)3)42-34(47)29(17-32(39)46)40-21(4)45/h6-7,11-12,16,20,22,29-30,51H,5,8-10,13-15,17-19H2,1-4H3,(H2,39,46)(H,40,45)(H,42,47)/t29-,30-,38-/m0/s1. The van der Waals surface area contributed by atoms with Crippen molar-refractivity contribution in [3.8, 4) is 11.4 Å². The monoisotopic (exact) mass is 714 g/mol. The van der Waals surface area contributed by atoms with Crippen LogP contribution in [0.25, 0.3) is 22.3 Å². The van der Waals surface area contributed by atoms with Crippen molar-refractivity contribution in [3.63, 3.8) is 0 Å². The summed E-state index contributed by atoms with van der Waals surface area (Å²) in [5.41, 5.74) is 7.06. The Balaban J connectivity index is 1.35. The molecule has 0 saturated heterocycles. The summed E-state index contributed by atoms with van der Waals surface area (Å²) >= 11 is 0. The van der Waals surface area contributed by atoms with Crippen molar-refractivity contribution < 1.29 is 33.8 Å². The van der Waals surface area contributed by atoms with E-state index in [4.69, 9.17) is 15.5 Å². The molecule has 14 nitrogen and oxygen atoms in total. The molecule has 3 atom stereocenters. The number of nitrogens with one attached hydrogen (secondary N) is 2. The van der Waals surface area contributed by atoms with Crippen LogP contribution >= 0.6 is 0 Å². The van der Waals surface area contributed by atoms with E-state index in [-0.39, 0.29) is 54.1 Å². The van der Waals surface area contributed by atoms with Gasteiger partial charge in [-0.15, -0.1) is 0 Å². The van der Waals surface area contributed by atoms with Crippen LogP contribution in [0.5, 0.6) is 0 Å². The molecule has 4 heterocycles. The number of carbonyl (C=O) groups excluding carboxylic acids is 5. The molecule has 0 unspecified atom stereocenters. The molecule has 0 radical (unpaired) electrons. The lowest BCUT2D eigenvalue weighted by Gasteiger charge is -2.40. The number of ether oxygens (including phenoxy) is 1. The summed E-state index contributed by atoms with van der Waals surface area (Å²) in [6, 6.07) is 7.18. The SMILES string of the molecule is CC[C@@]1(O)C(=O)OCc2c1cc1n(c2=O)Cc2c-1nc1ccccc1c2CCN(C(=O)[C@H](CC(C)C)NC(=O)[C@H](CC(N)=O)NC(C)=O)C1CCC1. The minimum atomic E-state index is -1.95. The molecule has 1 aliphatic carbocycles. The summed E-state index contributed by atoms with van der Waals surface area (Å²) < 4.78 is 6.84. The average molecular weight is 715 g/mol. The fourth-order valence-electron chi connectivity index (χ4n) is 7.62. The van der Waals surface area contributed by atoms with Crippen molar-refractivity contribution in [3.05, 3.63) is 62.9 Å². The highest BCUT2D eigenvalue weighted by atomic mass is 16.6. The normalized spacial score (nSPS) is 18.8. The van der Waals surface area contributed by atoms with E-state index in [1.165, 1.54) is 6.92 Å². The zero-order chi connectivity index (χ0) is 37.5. The van der Waals surface area contributed by atoms with Crippen LogP contribution in [-0.4, -0.2) is 73.8 Å². The maximum absolute atomic E-state index is 14.4. The summed E-state index contributed by atoms with van der Waals surface area (Å²) in [5.74, 6) is -2.93. The van der Waals surface area contributed by atoms with Crippen molar-refractivity contribution in [2.24, 2.45) is 11.7 Å². The van der Waals surface area contributed by atoms with Crippen LogP contribution in [0, 0.1) is 5.92 Å². The highest BCUT2D eigenvalue weighted by Gasteiger charge is 2.45. The van der Waals surface area contributed by atoms with Crippen molar-refractivity contribution in [2.75, 3.05) is 6.54 Å². The van der Waals surface area contributed by atoms with Crippen molar-refractivity contribution in [1.82, 2.24) is 25.1 Å². The van der Waals surface area contributed by atoms with Gasteiger partial charge in [0.05, 0.1) is 35.4 Å². The van der Waals surface area contributed by atoms with Gasteiger partial charge in [0.25, 0.3) is 5.56 Å². The largest absolute Gasteiger partial charge is 0.458 e. The number of hydrogen-bond donors (Lipinski definition) is 4. The van der Waals surface area contributed by atoms with E-state index in [1.807, 2.05) is 43.0 Å². The lowest BCUT2D eigenvalue weighted by atomic mass is 9.86. The minimum absolute atomic E-state index is 0.0345. The number of benzene rings is 1. The van der Waals surface area contributed by atoms with Gasteiger partial charge in [-0.05, 0) is 62.1 Å². The van der Waals surface area contributed by atoms with E-state index in [1.54, 1.807) is 17.6 Å². The van der Waals surface area contributed by atoms with Gasteiger partial charge in [-0.1, -0.05) is 39.0 Å². The van der Waals surface area contributed by atoms with Crippen LogP contribution in [0.1, 0.15) is 88.5 Å². The maximum atomic E-state index is 14.4. The second kappa shape index (κ2) is 14.5. The number of carbonyl (C=O) groups is 5. The fourth-order valence-corrected chi connectivity index (χ4v) is 7.62. The van der Waals surface area contributed by atoms with Gasteiger partial charge in [0.15, 0.2) is 5.60 Å². The first kappa shape index (κ1) is 36.7. The van der Waals surface area contributed by atoms with E-state index in [9.17, 15) is 33.9 Å². The number of para-hydroxylation sites is 1. The predicted molar refractivity (Wildman–Crippen MR) is 190 cm³/mol. The van der Waals surface area contributed by atoms with Gasteiger partial charge in [0, 0.05) is 36.0 Å². The van der Waals surface area contributed by atoms with Crippen molar-refractivity contribution in [2.45, 2.75) is 110 Å². The molecule has 1 aromatic carbocycles. The molecule has 0 bridgehead atoms. The summed E-state index contributed by atoms with van der Waals surface area (Å²) in [7, 11) is 0. The molecule has 52 heavy (non-hydrogen) atoms. The third-order valence-corrected chi connectivity index (χ3v) is 10.5. The Morgan fingerprint density at radius 1 is 1.12 bits per heavy atom. The number of aromatic nitrogens is 2. The molecule has 276 valence electrons. The third kappa shape index (κ3) is 6.79. The van der Waals surface area contributed by atoms with Gasteiger partial charge < -0.3 is 35.7 Å². The number of cyclic esters (lactones) is 1. The number of rotatable bonds is 13. The predicted octanol–water partition coefficient (Wildman–Crippen LogP) is 1.91. The number of hydrogen-bond acceptors (Lipinski definition) is 9. The first-order valence-electron chi connectivity index (χ1n) is 18.0. The van der Waals surface area contributed by atoms with E-state index < -0.39 is 47.8 Å². The van der Waals surface area contributed by atoms with Gasteiger partial charge >= 0.3 is 5.97 Å². The average Bonchev–Trinajstić information content (AvgIpc) is 3.44. The number of nitrogens with zero attached hydrogens (tertiary/aromatic N) is 3. The van der Waals surface area contributed by atoms with Gasteiger partial charge in [0.2, 0.25) is 23.6 Å². The summed E-state index contributed by atoms with van der Waals surface area (Å²) in [5, 5.41) is 17.5. The molecule has 4 amide bonds. The van der Waals surface area contributed by atoms with Crippen LogP contribution in [0.15, 0.2) is 35.1 Å². The molecule has 0 spiro atoms. The molecular formula is C38H46N6O8. The second-order valence-corrected chi connectivity index (χ2v) is 14.5. The Morgan fingerprint density at radius 2 is 1.85 bits per heavy atom. The smallest absolute Gasteiger partial charge is 0.343 e. The lowest BCUT2D eigenvalue weighted by molar-refractivity contribution is -0.172. The van der Waals surface area contributed by atoms with Crippen LogP contribution in [0.4, 0.5) is 0 Å². The molecule has 5 N–H and O–H groups in total. The number of nitrogens with two attached hydrogens (primary N) is 1. The van der Waals surface area contributed by atoms with Crippen LogP contribution < -0.4 is 21.9 Å². The molecular weight excluding hydrogens is 668 g/mol. The van der Waals surface area contributed by atoms with Gasteiger partial charge in [-0.25, -0.2) is 9.78 Å². The third-order valence-electron chi connectivity index (χ3n) is 10.5. The Hall–Kier alpha value is -5.11. The van der Waals surface area contributed by atoms with E-state index in [0.29, 0.717) is 36.3 Å². The number of fused-ring (bicyclic) bond motifs is 5. The highest BCUT2D eigenvalue weighted by molar-refractivity contribution is 5.95. The molecule has 2 aromatic heterocycles. The summed E-state index contributed by atoms with van der Waals surface area (Å²) in [6.07, 6.45) is 2.98. The first-order chi connectivity index (χ1) is 24.7. The van der Waals surface area contributed by atoms with Crippen molar-refractivity contribution >= 4 is 40.5 Å². The highest BCUT2D eigenvalue weighted by Crippen LogP contribution is 2.40. The van der Waals surface area contributed by atoms with Crippen LogP contribution in [-0.2, 0) is 53.9 Å². The summed E-state index contributed by atoms with van der Waals surface area (Å²) in [6.45, 7) is 7.10. The Kier molecular flexibility index (Phi) is 10.2. The molecule has 14 heteroatoms. The Bertz CT molecular complexity index is 2000. The van der Waals surface area contributed by atoms with Gasteiger partial charge in [-0.3, -0.25) is 24.0 Å². The molecule has 2 aliphatic heterocycles. The molecule has 1 saturated carbocycles. The lowest BCUT2D eigenvalue weighted by Crippen LogP contribution is -2.57. The number of aliphatic hydroxyl groups is 1. The minimum Gasteiger partial charge on any atom is -0.458 e. The van der Waals surface area contributed by atoms with E-state index in [0.717, 1.165) is 35.8 Å². The second-order valence-electron chi connectivity index (χ2n) is 14.5. The number of pyridine rings is 2. The number of amides is 4. The van der Waals surface area contributed by atoms with Crippen molar-refractivity contribution in [1.29, 1.82) is 0 Å². The summed E-state index contributed by atoms with van der Waals surface area (Å²) in [4.78, 5) is 84.7. The molecule has 3 aromatic rings. The quantitative estimate of drug-likeness (QED) is 0.149. The number of esters is 1. The zero-order valence-electron chi connectivity index (χ0n) is 30.0. The topological polar surface area (TPSA) is 203 Å². The Labute approximate surface area is 301 Å². The van der Waals surface area contributed by atoms with Gasteiger partial charge in [0.1, 0.15) is 18.7 Å². The first-order valence-corrected chi connectivity index (χ1v) is 18.0. The molecule has 6 rings (SSSR count). The molecule has 3 aliphatic rings. The van der Waals surface area contributed by atoms with E-state index in [2.05, 4.69) is 10.6 Å². The zero-order valence-corrected chi connectivity index (χ0v) is 30.0. The van der Waals surface area contributed by atoms with E-state index >= 15 is 0 Å². The Morgan fingerprint density at radius 3 is 2.48 bits per heavy atom. The van der Waals surface area contributed by atoms with Crippen LogP contribution in [0.3, 0.4) is 0 Å². The maximum Gasteiger partial charge on any atom is 0.343 e. The molecule has 1 fully saturated rings. The van der Waals surface area contributed by atoms with Gasteiger partial charge in [-0.2, -0.15) is 0 Å². The van der Waals surface area contributed by atoms with Crippen LogP contribution in [0.2, 0.25) is 0 Å². The fraction of sp³-hybridized carbons (Fsp3) is 0.500.